The zero-order valence-electron chi connectivity index (χ0n) is 46.3. The summed E-state index contributed by atoms with van der Waals surface area (Å²) in [4.78, 5) is 4.86. The molecule has 0 fully saturated rings. The van der Waals surface area contributed by atoms with Crippen LogP contribution in [0.15, 0.2) is 206 Å². The molecule has 2 nitrogen and oxygen atoms in total. The van der Waals surface area contributed by atoms with Gasteiger partial charge in [0.1, 0.15) is 0 Å². The quantitative estimate of drug-likeness (QED) is 0.126. The molecular weight excluding hydrogens is 929 g/mol. The lowest BCUT2D eigenvalue weighted by molar-refractivity contribution is 0.662. The fourth-order valence-electron chi connectivity index (χ4n) is 12.8. The highest BCUT2D eigenvalue weighted by Gasteiger charge is 2.37. The third kappa shape index (κ3) is 7.98. The summed E-state index contributed by atoms with van der Waals surface area (Å²) in [6.07, 6.45) is 0. The Morgan fingerprint density at radius 2 is 0.481 bits per heavy atom. The van der Waals surface area contributed by atoms with E-state index < -0.39 is 0 Å². The molecule has 0 aromatic heterocycles. The van der Waals surface area contributed by atoms with Crippen LogP contribution in [0.25, 0.3) is 75.8 Å². The summed E-state index contributed by atoms with van der Waals surface area (Å²) in [6, 6.07) is 79.3. The standard InChI is InChI=1S/C75H68N2/c1-45(2)49-19-27-53(28-20-49)76(54-29-21-50(22-30-54)46(3)4)57-35-37-63-65(39-57)59-15-11-13-17-61(59)67-41-71-72-42-68-62-18-14-12-16-60(62)66-40-58(36-38-64(66)70(68)44-74(72)75(9,10)73(71)43-69(63)67)77(55-31-23-51(24-32-55)47(5)6)56-33-25-52(26-34-56)48(7)8/h11-48H,1-10H3. The molecule has 0 amide bonds. The molecular formula is C75H68N2. The second-order valence-corrected chi connectivity index (χ2v) is 23.7. The Hall–Kier alpha value is -8.20. The van der Waals surface area contributed by atoms with Crippen molar-refractivity contribution >= 4 is 98.8 Å². The van der Waals surface area contributed by atoms with Crippen molar-refractivity contribution in [3.8, 4) is 11.1 Å². The van der Waals surface area contributed by atoms with Gasteiger partial charge < -0.3 is 9.80 Å². The molecule has 0 saturated heterocycles. The van der Waals surface area contributed by atoms with Crippen molar-refractivity contribution in [3.63, 3.8) is 0 Å². The molecule has 13 rings (SSSR count). The molecule has 0 N–H and O–H groups in total. The van der Waals surface area contributed by atoms with Gasteiger partial charge in [-0.3, -0.25) is 0 Å². The molecule has 77 heavy (non-hydrogen) atoms. The summed E-state index contributed by atoms with van der Waals surface area (Å²) < 4.78 is 0. The van der Waals surface area contributed by atoms with Gasteiger partial charge in [0.25, 0.3) is 0 Å². The summed E-state index contributed by atoms with van der Waals surface area (Å²) in [5, 5.41) is 15.4. The molecule has 0 heterocycles. The molecule has 0 unspecified atom stereocenters. The lowest BCUT2D eigenvalue weighted by atomic mass is 9.80. The Labute approximate surface area is 455 Å². The smallest absolute Gasteiger partial charge is 0.0468 e. The second-order valence-electron chi connectivity index (χ2n) is 23.7. The lowest BCUT2D eigenvalue weighted by Crippen LogP contribution is -2.15. The first-order valence-electron chi connectivity index (χ1n) is 28.1. The molecule has 2 heteroatoms. The second kappa shape index (κ2) is 18.5. The van der Waals surface area contributed by atoms with Gasteiger partial charge in [-0.2, -0.15) is 0 Å². The van der Waals surface area contributed by atoms with E-state index in [1.807, 2.05) is 0 Å². The molecule has 1 aliphatic carbocycles. The predicted octanol–water partition coefficient (Wildman–Crippen LogP) is 22.3. The number of benzene rings is 12. The summed E-state index contributed by atoms with van der Waals surface area (Å²) in [5.74, 6) is 1.85. The normalized spacial score (nSPS) is 13.1. The number of nitrogens with zero attached hydrogens (tertiary/aromatic N) is 2. The maximum Gasteiger partial charge on any atom is 0.0468 e. The van der Waals surface area contributed by atoms with Crippen molar-refractivity contribution in [2.24, 2.45) is 0 Å². The van der Waals surface area contributed by atoms with Gasteiger partial charge in [-0.05, 0) is 230 Å². The number of hydrogen-bond acceptors (Lipinski definition) is 2. The maximum absolute atomic E-state index is 2.55. The maximum atomic E-state index is 2.55. The SMILES string of the molecule is CC(C)c1ccc(N(c2ccc(C(C)C)cc2)c2ccc3c(c2)c2ccccc2c2cc4c(cc32)C(C)(C)c2cc3c5ccc(N(c6ccc(C(C)C)cc6)c6ccc(C(C)C)cc6)cc5c5ccccc5c3cc2-4)cc1. The first kappa shape index (κ1) is 48.4. The van der Waals surface area contributed by atoms with Crippen LogP contribution < -0.4 is 9.80 Å². The molecule has 0 saturated carbocycles. The van der Waals surface area contributed by atoms with Gasteiger partial charge >= 0.3 is 0 Å². The minimum absolute atomic E-state index is 0.245. The van der Waals surface area contributed by atoms with Gasteiger partial charge in [0.15, 0.2) is 0 Å². The first-order chi connectivity index (χ1) is 37.2. The highest BCUT2D eigenvalue weighted by Crippen LogP contribution is 2.54. The van der Waals surface area contributed by atoms with Crippen LogP contribution in [-0.2, 0) is 5.41 Å². The van der Waals surface area contributed by atoms with Crippen molar-refractivity contribution in [1.82, 2.24) is 0 Å². The van der Waals surface area contributed by atoms with E-state index in [4.69, 9.17) is 0 Å². The molecule has 0 radical (unpaired) electrons. The van der Waals surface area contributed by atoms with Crippen LogP contribution >= 0.6 is 0 Å². The van der Waals surface area contributed by atoms with Gasteiger partial charge in [-0.25, -0.2) is 0 Å². The zero-order valence-corrected chi connectivity index (χ0v) is 46.3. The van der Waals surface area contributed by atoms with E-state index in [2.05, 4.69) is 285 Å². The number of hydrogen-bond donors (Lipinski definition) is 0. The van der Waals surface area contributed by atoms with Crippen molar-refractivity contribution in [3.05, 3.63) is 240 Å². The molecule has 0 aliphatic heterocycles. The van der Waals surface area contributed by atoms with Crippen molar-refractivity contribution in [2.75, 3.05) is 9.80 Å². The van der Waals surface area contributed by atoms with E-state index in [9.17, 15) is 0 Å². The van der Waals surface area contributed by atoms with E-state index in [1.54, 1.807) is 0 Å². The Morgan fingerprint density at radius 1 is 0.247 bits per heavy atom. The van der Waals surface area contributed by atoms with E-state index in [0.29, 0.717) is 23.7 Å². The highest BCUT2D eigenvalue weighted by molar-refractivity contribution is 6.29. The van der Waals surface area contributed by atoms with Gasteiger partial charge in [0.2, 0.25) is 0 Å². The Morgan fingerprint density at radius 3 is 0.753 bits per heavy atom. The van der Waals surface area contributed by atoms with Crippen molar-refractivity contribution in [1.29, 1.82) is 0 Å². The van der Waals surface area contributed by atoms with Crippen molar-refractivity contribution < 1.29 is 0 Å². The van der Waals surface area contributed by atoms with Crippen LogP contribution in [0.1, 0.15) is 126 Å². The average molecular weight is 997 g/mol. The van der Waals surface area contributed by atoms with Crippen LogP contribution in [-0.4, -0.2) is 0 Å². The van der Waals surface area contributed by atoms with Crippen LogP contribution in [0.2, 0.25) is 0 Å². The Balaban J connectivity index is 0.976. The minimum Gasteiger partial charge on any atom is -0.310 e. The third-order valence-electron chi connectivity index (χ3n) is 17.3. The molecule has 12 aromatic rings. The summed E-state index contributed by atoms with van der Waals surface area (Å²) in [6.45, 7) is 23.0. The summed E-state index contributed by atoms with van der Waals surface area (Å²) in [5.41, 5.74) is 17.5. The average Bonchev–Trinajstić information content (AvgIpc) is 3.97. The number of fused-ring (bicyclic) bond motifs is 15. The number of rotatable bonds is 10. The number of anilines is 6. The van der Waals surface area contributed by atoms with E-state index >= 15 is 0 Å². The fourth-order valence-corrected chi connectivity index (χ4v) is 12.8. The van der Waals surface area contributed by atoms with Crippen molar-refractivity contribution in [2.45, 2.75) is 98.3 Å². The largest absolute Gasteiger partial charge is 0.310 e. The monoisotopic (exact) mass is 997 g/mol. The predicted molar refractivity (Wildman–Crippen MR) is 335 cm³/mol. The third-order valence-corrected chi connectivity index (χ3v) is 17.3. The van der Waals surface area contributed by atoms with Crippen LogP contribution in [0, 0.1) is 0 Å². The van der Waals surface area contributed by atoms with Gasteiger partial charge in [0, 0.05) is 39.5 Å². The molecule has 0 spiro atoms. The lowest BCUT2D eigenvalue weighted by Gasteiger charge is -2.27. The van der Waals surface area contributed by atoms with Gasteiger partial charge in [-0.15, -0.1) is 0 Å². The van der Waals surface area contributed by atoms with Crippen LogP contribution in [0.5, 0.6) is 0 Å². The Kier molecular flexibility index (Phi) is 11.7. The molecule has 1 aliphatic rings. The van der Waals surface area contributed by atoms with E-state index in [1.165, 1.54) is 109 Å². The molecule has 12 aromatic carbocycles. The van der Waals surface area contributed by atoms with Gasteiger partial charge in [-0.1, -0.05) is 178 Å². The Bertz CT molecular complexity index is 3890. The topological polar surface area (TPSA) is 6.48 Å². The zero-order chi connectivity index (χ0) is 53.0. The molecule has 0 bridgehead atoms. The highest BCUT2D eigenvalue weighted by atomic mass is 15.1. The van der Waals surface area contributed by atoms with Gasteiger partial charge in [0.05, 0.1) is 0 Å². The van der Waals surface area contributed by atoms with E-state index in [-0.39, 0.29) is 5.41 Å². The summed E-state index contributed by atoms with van der Waals surface area (Å²) in [7, 11) is 0. The first-order valence-corrected chi connectivity index (χ1v) is 28.1. The fraction of sp³-hybridized carbons (Fsp3) is 0.200. The summed E-state index contributed by atoms with van der Waals surface area (Å²) >= 11 is 0. The van der Waals surface area contributed by atoms with E-state index in [0.717, 1.165) is 34.1 Å². The molecule has 378 valence electrons. The molecule has 0 atom stereocenters. The minimum atomic E-state index is -0.245. The van der Waals surface area contributed by atoms with Crippen LogP contribution in [0.3, 0.4) is 0 Å². The van der Waals surface area contributed by atoms with Crippen LogP contribution in [0.4, 0.5) is 34.1 Å².